The van der Waals surface area contributed by atoms with E-state index in [4.69, 9.17) is 14.2 Å². The fraction of sp³-hybridized carbons (Fsp3) is 0.385. The van der Waals surface area contributed by atoms with Crippen molar-refractivity contribution in [1.29, 1.82) is 0 Å². The van der Waals surface area contributed by atoms with Gasteiger partial charge in [-0.05, 0) is 30.7 Å². The topological polar surface area (TPSA) is 69.2 Å². The molecule has 6 heteroatoms. The average molecular weight is 266 g/mol. The zero-order chi connectivity index (χ0) is 14.1. The Morgan fingerprint density at radius 2 is 2.05 bits per heavy atom. The number of carbonyl (C=O) groups is 1. The molecular formula is C13H18N2O4. The highest BCUT2D eigenvalue weighted by molar-refractivity contribution is 5.83. The number of rotatable bonds is 7. The van der Waals surface area contributed by atoms with Crippen LogP contribution in [0, 0.1) is 0 Å². The van der Waals surface area contributed by atoms with E-state index in [2.05, 4.69) is 10.5 Å². The second-order valence-corrected chi connectivity index (χ2v) is 3.54. The summed E-state index contributed by atoms with van der Waals surface area (Å²) < 4.78 is 15.2. The first-order valence-corrected chi connectivity index (χ1v) is 5.83. The summed E-state index contributed by atoms with van der Waals surface area (Å²) in [4.78, 5) is 11.2. The highest BCUT2D eigenvalue weighted by Gasteiger charge is 2.03. The molecule has 0 aliphatic rings. The standard InChI is InChI=1S/C13H18N2O4/c1-4-19-9-13(16)15-14-8-10-5-6-11(17-2)12(7-10)18-3/h5-8H,4,9H2,1-3H3,(H,15,16)/b14-8+. The minimum atomic E-state index is -0.293. The Hall–Kier alpha value is -2.08. The van der Waals surface area contributed by atoms with Gasteiger partial charge in [0.15, 0.2) is 11.5 Å². The third-order valence-corrected chi connectivity index (χ3v) is 2.25. The van der Waals surface area contributed by atoms with Gasteiger partial charge in [-0.2, -0.15) is 5.10 Å². The van der Waals surface area contributed by atoms with Crippen LogP contribution in [-0.2, 0) is 9.53 Å². The summed E-state index contributed by atoms with van der Waals surface area (Å²) in [6.45, 7) is 2.31. The van der Waals surface area contributed by atoms with E-state index in [1.165, 1.54) is 6.21 Å². The van der Waals surface area contributed by atoms with Crippen LogP contribution in [0.25, 0.3) is 0 Å². The fourth-order valence-corrected chi connectivity index (χ4v) is 1.34. The maximum absolute atomic E-state index is 11.2. The molecule has 1 N–H and O–H groups in total. The van der Waals surface area contributed by atoms with Crippen molar-refractivity contribution in [2.45, 2.75) is 6.92 Å². The maximum atomic E-state index is 11.2. The smallest absolute Gasteiger partial charge is 0.266 e. The Kier molecular flexibility index (Phi) is 6.38. The monoisotopic (exact) mass is 266 g/mol. The molecule has 0 aliphatic carbocycles. The van der Waals surface area contributed by atoms with E-state index >= 15 is 0 Å². The molecule has 1 aromatic carbocycles. The summed E-state index contributed by atoms with van der Waals surface area (Å²) in [6, 6.07) is 5.33. The number of methoxy groups -OCH3 is 2. The average Bonchev–Trinajstić information content (AvgIpc) is 2.44. The van der Waals surface area contributed by atoms with Crippen molar-refractivity contribution in [2.75, 3.05) is 27.4 Å². The second-order valence-electron chi connectivity index (χ2n) is 3.54. The molecule has 0 aliphatic heterocycles. The van der Waals surface area contributed by atoms with Crippen LogP contribution < -0.4 is 14.9 Å². The molecule has 19 heavy (non-hydrogen) atoms. The number of amides is 1. The summed E-state index contributed by atoms with van der Waals surface area (Å²) in [5.41, 5.74) is 3.15. The summed E-state index contributed by atoms with van der Waals surface area (Å²) in [5, 5.41) is 3.82. The van der Waals surface area contributed by atoms with Gasteiger partial charge in [-0.3, -0.25) is 4.79 Å². The van der Waals surface area contributed by atoms with Crippen molar-refractivity contribution in [2.24, 2.45) is 5.10 Å². The van der Waals surface area contributed by atoms with Gasteiger partial charge in [0, 0.05) is 6.61 Å². The van der Waals surface area contributed by atoms with Crippen LogP contribution in [0.5, 0.6) is 11.5 Å². The first-order valence-electron chi connectivity index (χ1n) is 5.83. The molecule has 104 valence electrons. The number of hydrogen-bond acceptors (Lipinski definition) is 5. The zero-order valence-electron chi connectivity index (χ0n) is 11.3. The quantitative estimate of drug-likeness (QED) is 0.594. The molecule has 1 aromatic rings. The minimum absolute atomic E-state index is 0.000225. The van der Waals surface area contributed by atoms with Crippen LogP contribution in [0.2, 0.25) is 0 Å². The van der Waals surface area contributed by atoms with Gasteiger partial charge in [-0.15, -0.1) is 0 Å². The lowest BCUT2D eigenvalue weighted by atomic mass is 10.2. The number of nitrogens with one attached hydrogen (secondary N) is 1. The highest BCUT2D eigenvalue weighted by atomic mass is 16.5. The summed E-state index contributed by atoms with van der Waals surface area (Å²) >= 11 is 0. The molecule has 0 bridgehead atoms. The molecule has 0 saturated carbocycles. The number of benzene rings is 1. The molecule has 0 radical (unpaired) electrons. The van der Waals surface area contributed by atoms with E-state index in [1.54, 1.807) is 32.4 Å². The first kappa shape index (κ1) is 15.0. The largest absolute Gasteiger partial charge is 0.493 e. The highest BCUT2D eigenvalue weighted by Crippen LogP contribution is 2.26. The van der Waals surface area contributed by atoms with Gasteiger partial charge in [0.25, 0.3) is 5.91 Å². The van der Waals surface area contributed by atoms with Gasteiger partial charge in [0.2, 0.25) is 0 Å². The van der Waals surface area contributed by atoms with Gasteiger partial charge in [0.05, 0.1) is 20.4 Å². The van der Waals surface area contributed by atoms with Crippen molar-refractivity contribution < 1.29 is 19.0 Å². The Labute approximate surface area is 112 Å². The first-order chi connectivity index (χ1) is 9.21. The Morgan fingerprint density at radius 3 is 2.68 bits per heavy atom. The minimum Gasteiger partial charge on any atom is -0.493 e. The lowest BCUT2D eigenvalue weighted by Gasteiger charge is -2.07. The van der Waals surface area contributed by atoms with E-state index in [0.717, 1.165) is 5.56 Å². The predicted octanol–water partition coefficient (Wildman–Crippen LogP) is 1.19. The Bertz CT molecular complexity index is 446. The molecule has 0 aromatic heterocycles. The molecule has 0 atom stereocenters. The number of hydrogen-bond donors (Lipinski definition) is 1. The van der Waals surface area contributed by atoms with E-state index in [1.807, 2.05) is 6.92 Å². The van der Waals surface area contributed by atoms with Gasteiger partial charge in [0.1, 0.15) is 6.61 Å². The molecule has 1 rings (SSSR count). The normalized spacial score (nSPS) is 10.5. The molecule has 0 spiro atoms. The summed E-state index contributed by atoms with van der Waals surface area (Å²) in [6.07, 6.45) is 1.52. The number of hydrazone groups is 1. The fourth-order valence-electron chi connectivity index (χ4n) is 1.34. The van der Waals surface area contributed by atoms with Crippen molar-refractivity contribution >= 4 is 12.1 Å². The van der Waals surface area contributed by atoms with Crippen LogP contribution in [0.1, 0.15) is 12.5 Å². The van der Waals surface area contributed by atoms with E-state index in [0.29, 0.717) is 18.1 Å². The SMILES string of the molecule is CCOCC(=O)N/N=C/c1ccc(OC)c(OC)c1. The third-order valence-electron chi connectivity index (χ3n) is 2.25. The van der Waals surface area contributed by atoms with Crippen LogP contribution in [0.4, 0.5) is 0 Å². The van der Waals surface area contributed by atoms with Crippen LogP contribution in [0.15, 0.2) is 23.3 Å². The van der Waals surface area contributed by atoms with Gasteiger partial charge < -0.3 is 14.2 Å². The van der Waals surface area contributed by atoms with Crippen LogP contribution in [0.3, 0.4) is 0 Å². The van der Waals surface area contributed by atoms with Gasteiger partial charge in [-0.1, -0.05) is 0 Å². The van der Waals surface area contributed by atoms with Crippen molar-refractivity contribution in [3.63, 3.8) is 0 Å². The molecule has 0 unspecified atom stereocenters. The molecule has 0 saturated heterocycles. The molecular weight excluding hydrogens is 248 g/mol. The lowest BCUT2D eigenvalue weighted by molar-refractivity contribution is -0.125. The zero-order valence-corrected chi connectivity index (χ0v) is 11.3. The van der Waals surface area contributed by atoms with Crippen LogP contribution >= 0.6 is 0 Å². The third kappa shape index (κ3) is 4.97. The van der Waals surface area contributed by atoms with Gasteiger partial charge in [-0.25, -0.2) is 5.43 Å². The Balaban J connectivity index is 2.59. The number of nitrogens with zero attached hydrogens (tertiary/aromatic N) is 1. The van der Waals surface area contributed by atoms with E-state index < -0.39 is 0 Å². The van der Waals surface area contributed by atoms with E-state index in [9.17, 15) is 4.79 Å². The second kappa shape index (κ2) is 8.10. The predicted molar refractivity (Wildman–Crippen MR) is 71.8 cm³/mol. The summed E-state index contributed by atoms with van der Waals surface area (Å²) in [7, 11) is 3.13. The van der Waals surface area contributed by atoms with Crippen LogP contribution in [-0.4, -0.2) is 39.6 Å². The molecule has 6 nitrogen and oxygen atoms in total. The number of carbonyl (C=O) groups excluding carboxylic acids is 1. The number of ether oxygens (including phenoxy) is 3. The summed E-state index contributed by atoms with van der Waals surface area (Å²) in [5.74, 6) is 0.950. The maximum Gasteiger partial charge on any atom is 0.266 e. The van der Waals surface area contributed by atoms with Gasteiger partial charge >= 0.3 is 0 Å². The Morgan fingerprint density at radius 1 is 1.32 bits per heavy atom. The molecule has 0 fully saturated rings. The van der Waals surface area contributed by atoms with E-state index in [-0.39, 0.29) is 12.5 Å². The molecule has 1 amide bonds. The lowest BCUT2D eigenvalue weighted by Crippen LogP contribution is -2.22. The molecule has 0 heterocycles. The van der Waals surface area contributed by atoms with Crippen molar-refractivity contribution in [3.8, 4) is 11.5 Å². The van der Waals surface area contributed by atoms with Crippen molar-refractivity contribution in [1.82, 2.24) is 5.43 Å². The van der Waals surface area contributed by atoms with Crippen molar-refractivity contribution in [3.05, 3.63) is 23.8 Å².